The van der Waals surface area contributed by atoms with Crippen LogP contribution in [-0.2, 0) is 16.1 Å². The Labute approximate surface area is 159 Å². The zero-order valence-corrected chi connectivity index (χ0v) is 15.8. The molecule has 0 saturated carbocycles. The molecule has 2 aromatic rings. The van der Waals surface area contributed by atoms with E-state index in [1.54, 1.807) is 19.4 Å². The molecular weight excluding hydrogens is 344 g/mol. The number of unbranched alkanes of at least 4 members (excludes halogenated alkanes) is 1. The van der Waals surface area contributed by atoms with Crippen molar-refractivity contribution in [2.75, 3.05) is 13.7 Å². The Morgan fingerprint density at radius 3 is 2.70 bits per heavy atom. The standard InChI is InChI=1S/C21H26N2O4/c1-3-4-11-23-19(24)13-18(21(25)22-14-17-6-5-12-27-17)20(23)15-7-9-16(26-2)10-8-15/h5-10,12,18,20H,3-4,11,13-14H2,1-2H3,(H,22,25). The summed E-state index contributed by atoms with van der Waals surface area (Å²) in [6, 6.07) is 11.0. The number of nitrogens with zero attached hydrogens (tertiary/aromatic N) is 1. The van der Waals surface area contributed by atoms with Gasteiger partial charge in [-0.05, 0) is 36.2 Å². The second-order valence-corrected chi connectivity index (χ2v) is 6.77. The molecule has 2 unspecified atom stereocenters. The summed E-state index contributed by atoms with van der Waals surface area (Å²) in [7, 11) is 1.62. The highest BCUT2D eigenvalue weighted by Gasteiger charge is 2.44. The van der Waals surface area contributed by atoms with Crippen LogP contribution in [0.2, 0.25) is 0 Å². The molecule has 0 radical (unpaired) electrons. The lowest BCUT2D eigenvalue weighted by Crippen LogP contribution is -2.35. The summed E-state index contributed by atoms with van der Waals surface area (Å²) >= 11 is 0. The van der Waals surface area contributed by atoms with Crippen molar-refractivity contribution in [1.82, 2.24) is 10.2 Å². The second kappa shape index (κ2) is 8.75. The maximum atomic E-state index is 12.9. The largest absolute Gasteiger partial charge is 0.497 e. The average Bonchev–Trinajstić information content (AvgIpc) is 3.32. The van der Waals surface area contributed by atoms with Gasteiger partial charge in [-0.25, -0.2) is 0 Å². The Hall–Kier alpha value is -2.76. The lowest BCUT2D eigenvalue weighted by atomic mass is 9.92. The van der Waals surface area contributed by atoms with Crippen LogP contribution >= 0.6 is 0 Å². The minimum atomic E-state index is -0.419. The number of nitrogens with one attached hydrogen (secondary N) is 1. The molecule has 1 fully saturated rings. The molecule has 2 heterocycles. The summed E-state index contributed by atoms with van der Waals surface area (Å²) in [4.78, 5) is 27.3. The first-order valence-corrected chi connectivity index (χ1v) is 9.37. The van der Waals surface area contributed by atoms with E-state index in [-0.39, 0.29) is 24.3 Å². The fraction of sp³-hybridized carbons (Fsp3) is 0.429. The number of ether oxygens (including phenoxy) is 1. The Morgan fingerprint density at radius 2 is 2.07 bits per heavy atom. The van der Waals surface area contributed by atoms with Crippen LogP contribution in [0, 0.1) is 5.92 Å². The molecule has 3 rings (SSSR count). The predicted molar refractivity (Wildman–Crippen MR) is 101 cm³/mol. The van der Waals surface area contributed by atoms with E-state index in [4.69, 9.17) is 9.15 Å². The van der Waals surface area contributed by atoms with E-state index in [9.17, 15) is 9.59 Å². The van der Waals surface area contributed by atoms with Gasteiger partial charge in [0.1, 0.15) is 11.5 Å². The first-order chi connectivity index (χ1) is 13.1. The molecule has 6 nitrogen and oxygen atoms in total. The van der Waals surface area contributed by atoms with Gasteiger partial charge in [0.25, 0.3) is 0 Å². The number of benzene rings is 1. The highest BCUT2D eigenvalue weighted by molar-refractivity contribution is 5.90. The van der Waals surface area contributed by atoms with Crippen molar-refractivity contribution in [3.8, 4) is 5.75 Å². The number of methoxy groups -OCH3 is 1. The number of carbonyl (C=O) groups excluding carboxylic acids is 2. The molecule has 1 saturated heterocycles. The lowest BCUT2D eigenvalue weighted by Gasteiger charge is -2.28. The molecule has 1 aromatic heterocycles. The Morgan fingerprint density at radius 1 is 1.30 bits per heavy atom. The van der Waals surface area contributed by atoms with Gasteiger partial charge in [0, 0.05) is 13.0 Å². The van der Waals surface area contributed by atoms with E-state index in [0.29, 0.717) is 18.8 Å². The maximum Gasteiger partial charge on any atom is 0.226 e. The van der Waals surface area contributed by atoms with Gasteiger partial charge in [-0.2, -0.15) is 0 Å². The number of furan rings is 1. The van der Waals surface area contributed by atoms with E-state index in [0.717, 1.165) is 24.2 Å². The topological polar surface area (TPSA) is 71.8 Å². The van der Waals surface area contributed by atoms with E-state index < -0.39 is 5.92 Å². The number of carbonyl (C=O) groups is 2. The van der Waals surface area contributed by atoms with Gasteiger partial charge in [0.15, 0.2) is 0 Å². The summed E-state index contributed by atoms with van der Waals surface area (Å²) in [5, 5.41) is 2.91. The van der Waals surface area contributed by atoms with Crippen molar-refractivity contribution >= 4 is 11.8 Å². The molecule has 1 aliphatic rings. The summed E-state index contributed by atoms with van der Waals surface area (Å²) in [5.41, 5.74) is 0.955. The van der Waals surface area contributed by atoms with Gasteiger partial charge >= 0.3 is 0 Å². The van der Waals surface area contributed by atoms with Crippen LogP contribution < -0.4 is 10.1 Å². The average molecular weight is 370 g/mol. The normalized spacial score (nSPS) is 19.3. The molecule has 6 heteroatoms. The van der Waals surface area contributed by atoms with Crippen molar-refractivity contribution in [2.24, 2.45) is 5.92 Å². The Bertz CT molecular complexity index is 755. The Kier molecular flexibility index (Phi) is 6.16. The summed E-state index contributed by atoms with van der Waals surface area (Å²) < 4.78 is 10.5. The highest BCUT2D eigenvalue weighted by atomic mass is 16.5. The third-order valence-electron chi connectivity index (χ3n) is 5.00. The summed E-state index contributed by atoms with van der Waals surface area (Å²) in [5.74, 6) is 0.929. The second-order valence-electron chi connectivity index (χ2n) is 6.77. The molecule has 0 spiro atoms. The van der Waals surface area contributed by atoms with Crippen molar-refractivity contribution in [3.63, 3.8) is 0 Å². The number of hydrogen-bond donors (Lipinski definition) is 1. The molecule has 0 aliphatic carbocycles. The third kappa shape index (κ3) is 4.32. The van der Waals surface area contributed by atoms with Gasteiger partial charge in [0.05, 0.1) is 31.9 Å². The molecule has 0 bridgehead atoms. The van der Waals surface area contributed by atoms with Gasteiger partial charge in [-0.3, -0.25) is 9.59 Å². The number of amides is 2. The van der Waals surface area contributed by atoms with Crippen LogP contribution in [0.5, 0.6) is 5.75 Å². The molecule has 2 atom stereocenters. The summed E-state index contributed by atoms with van der Waals surface area (Å²) in [6.07, 6.45) is 3.71. The SMILES string of the molecule is CCCCN1C(=O)CC(C(=O)NCc2ccco2)C1c1ccc(OC)cc1. The smallest absolute Gasteiger partial charge is 0.226 e. The van der Waals surface area contributed by atoms with Crippen molar-refractivity contribution < 1.29 is 18.7 Å². The number of rotatable bonds is 8. The lowest BCUT2D eigenvalue weighted by molar-refractivity contribution is -0.129. The van der Waals surface area contributed by atoms with Crippen LogP contribution in [0.4, 0.5) is 0 Å². The molecule has 1 aromatic carbocycles. The van der Waals surface area contributed by atoms with Crippen molar-refractivity contribution in [2.45, 2.75) is 38.8 Å². The Balaban J connectivity index is 1.80. The van der Waals surface area contributed by atoms with Gasteiger partial charge in [-0.15, -0.1) is 0 Å². The number of likely N-dealkylation sites (tertiary alicyclic amines) is 1. The van der Waals surface area contributed by atoms with E-state index in [1.165, 1.54) is 0 Å². The van der Waals surface area contributed by atoms with E-state index in [2.05, 4.69) is 12.2 Å². The molecule has 144 valence electrons. The highest BCUT2D eigenvalue weighted by Crippen LogP contribution is 2.39. The third-order valence-corrected chi connectivity index (χ3v) is 5.00. The van der Waals surface area contributed by atoms with Crippen LogP contribution in [-0.4, -0.2) is 30.4 Å². The van der Waals surface area contributed by atoms with Gasteiger partial charge in [-0.1, -0.05) is 25.5 Å². The van der Waals surface area contributed by atoms with Crippen LogP contribution in [0.15, 0.2) is 47.1 Å². The zero-order chi connectivity index (χ0) is 19.2. The fourth-order valence-electron chi connectivity index (χ4n) is 3.55. The first-order valence-electron chi connectivity index (χ1n) is 9.37. The van der Waals surface area contributed by atoms with Gasteiger partial charge in [0.2, 0.25) is 11.8 Å². The molecular formula is C21H26N2O4. The van der Waals surface area contributed by atoms with Crippen molar-refractivity contribution in [1.29, 1.82) is 0 Å². The van der Waals surface area contributed by atoms with Crippen LogP contribution in [0.3, 0.4) is 0 Å². The quantitative estimate of drug-likeness (QED) is 0.774. The van der Waals surface area contributed by atoms with Crippen LogP contribution in [0.25, 0.3) is 0 Å². The minimum absolute atomic E-state index is 0.0300. The summed E-state index contributed by atoms with van der Waals surface area (Å²) in [6.45, 7) is 3.07. The molecule has 1 N–H and O–H groups in total. The first kappa shape index (κ1) is 19.0. The molecule has 27 heavy (non-hydrogen) atoms. The zero-order valence-electron chi connectivity index (χ0n) is 15.8. The molecule has 1 aliphatic heterocycles. The minimum Gasteiger partial charge on any atom is -0.497 e. The molecule has 2 amide bonds. The van der Waals surface area contributed by atoms with E-state index >= 15 is 0 Å². The van der Waals surface area contributed by atoms with Crippen LogP contribution in [0.1, 0.15) is 43.6 Å². The van der Waals surface area contributed by atoms with Crippen molar-refractivity contribution in [3.05, 3.63) is 54.0 Å². The van der Waals surface area contributed by atoms with E-state index in [1.807, 2.05) is 35.2 Å². The monoisotopic (exact) mass is 370 g/mol. The number of hydrogen-bond acceptors (Lipinski definition) is 4. The predicted octanol–water partition coefficient (Wildman–Crippen LogP) is 3.29. The maximum absolute atomic E-state index is 12.9. The fourth-order valence-corrected chi connectivity index (χ4v) is 3.55. The van der Waals surface area contributed by atoms with Gasteiger partial charge < -0.3 is 19.4 Å².